The minimum Gasteiger partial charge on any atom is -0.377 e. The van der Waals surface area contributed by atoms with Gasteiger partial charge in [0.05, 0.1) is 5.02 Å². The van der Waals surface area contributed by atoms with Gasteiger partial charge < -0.3 is 4.18 Å². The lowest BCUT2D eigenvalue weighted by molar-refractivity contribution is -0.123. The number of carbonyl (C=O) groups excluding carboxylic acids is 2. The molecule has 0 aliphatic carbocycles. The molecule has 1 aliphatic heterocycles. The Kier molecular flexibility index (Phi) is 6.16. The van der Waals surface area contributed by atoms with Gasteiger partial charge in [0, 0.05) is 15.6 Å². The maximum atomic E-state index is 12.6. The average Bonchev–Trinajstić information content (AvgIpc) is 2.61. The zero-order valence-corrected chi connectivity index (χ0v) is 17.9. The van der Waals surface area contributed by atoms with Crippen LogP contribution in [0.2, 0.25) is 15.1 Å². The Bertz CT molecular complexity index is 1160. The van der Waals surface area contributed by atoms with E-state index in [1.54, 1.807) is 0 Å². The predicted molar refractivity (Wildman–Crippen MR) is 113 cm³/mol. The summed E-state index contributed by atoms with van der Waals surface area (Å²) in [5.41, 5.74) is -0.348. The van der Waals surface area contributed by atoms with Crippen molar-refractivity contribution in [2.45, 2.75) is 4.90 Å². The van der Waals surface area contributed by atoms with Gasteiger partial charge in [0.25, 0.3) is 11.8 Å². The molecule has 0 spiro atoms. The van der Waals surface area contributed by atoms with Gasteiger partial charge in [0.1, 0.15) is 10.5 Å². The van der Waals surface area contributed by atoms with Crippen molar-refractivity contribution in [3.63, 3.8) is 0 Å². The van der Waals surface area contributed by atoms with Gasteiger partial charge in [-0.15, -0.1) is 0 Å². The third kappa shape index (κ3) is 4.88. The van der Waals surface area contributed by atoms with Crippen LogP contribution in [0.5, 0.6) is 5.75 Å². The van der Waals surface area contributed by atoms with Crippen molar-refractivity contribution in [3.8, 4) is 5.75 Å². The molecule has 1 aliphatic rings. The number of benzene rings is 2. The molecule has 2 aromatic rings. The van der Waals surface area contributed by atoms with Crippen LogP contribution in [0.15, 0.2) is 46.9 Å². The van der Waals surface area contributed by atoms with Gasteiger partial charge in [0.2, 0.25) is 0 Å². The number of rotatable bonds is 4. The van der Waals surface area contributed by atoms with Crippen molar-refractivity contribution in [2.75, 3.05) is 0 Å². The quantitative estimate of drug-likeness (QED) is 0.294. The molecule has 1 heterocycles. The number of hydrogen-bond donors (Lipinski definition) is 2. The number of thiocarbonyl (C=S) groups is 1. The molecule has 0 unspecified atom stereocenters. The van der Waals surface area contributed by atoms with Crippen LogP contribution in [0.4, 0.5) is 0 Å². The zero-order chi connectivity index (χ0) is 21.3. The van der Waals surface area contributed by atoms with Crippen LogP contribution < -0.4 is 14.8 Å². The monoisotopic (exact) mass is 490 g/mol. The summed E-state index contributed by atoms with van der Waals surface area (Å²) in [5.74, 6) is -1.87. The molecular weight excluding hydrogens is 483 g/mol. The third-order valence-corrected chi connectivity index (χ3v) is 5.77. The number of nitrogens with one attached hydrogen (secondary N) is 2. The molecule has 3 rings (SSSR count). The summed E-state index contributed by atoms with van der Waals surface area (Å²) < 4.78 is 30.4. The summed E-state index contributed by atoms with van der Waals surface area (Å²) in [4.78, 5) is 24.0. The van der Waals surface area contributed by atoms with Crippen LogP contribution >= 0.6 is 47.0 Å². The minimum absolute atomic E-state index is 0.00634. The highest BCUT2D eigenvalue weighted by atomic mass is 35.5. The molecule has 0 aromatic heterocycles. The fraction of sp³-hybridized carbons (Fsp3) is 0. The van der Waals surface area contributed by atoms with Crippen LogP contribution in [-0.2, 0) is 19.7 Å². The molecule has 2 N–H and O–H groups in total. The topological polar surface area (TPSA) is 102 Å². The van der Waals surface area contributed by atoms with Gasteiger partial charge in [-0.05, 0) is 54.7 Å². The van der Waals surface area contributed by atoms with E-state index in [0.717, 1.165) is 6.08 Å². The third-order valence-electron chi connectivity index (χ3n) is 3.58. The molecule has 7 nitrogen and oxygen atoms in total. The van der Waals surface area contributed by atoms with Crippen LogP contribution in [0.3, 0.4) is 0 Å². The Hall–Kier alpha value is -2.17. The first kappa shape index (κ1) is 21.5. The van der Waals surface area contributed by atoms with Gasteiger partial charge in [-0.2, -0.15) is 8.42 Å². The van der Waals surface area contributed by atoms with Crippen LogP contribution in [0, 0.1) is 0 Å². The molecule has 0 bridgehead atoms. The molecule has 2 aromatic carbocycles. The van der Waals surface area contributed by atoms with E-state index < -0.39 is 21.9 Å². The smallest absolute Gasteiger partial charge is 0.339 e. The first-order valence-electron chi connectivity index (χ1n) is 7.64. The second kappa shape index (κ2) is 8.29. The van der Waals surface area contributed by atoms with Crippen molar-refractivity contribution >= 4 is 80.1 Å². The number of halogens is 3. The highest BCUT2D eigenvalue weighted by Gasteiger charge is 2.27. The van der Waals surface area contributed by atoms with Crippen LogP contribution in [0.25, 0.3) is 6.08 Å². The number of amides is 2. The minimum atomic E-state index is -4.30. The summed E-state index contributed by atoms with van der Waals surface area (Å²) in [6.07, 6.45) is 1.09. The van der Waals surface area contributed by atoms with Gasteiger partial charge in [-0.25, -0.2) is 0 Å². The molecule has 1 fully saturated rings. The van der Waals surface area contributed by atoms with Crippen LogP contribution in [0.1, 0.15) is 5.56 Å². The van der Waals surface area contributed by atoms with Crippen molar-refractivity contribution in [1.82, 2.24) is 10.6 Å². The van der Waals surface area contributed by atoms with Gasteiger partial charge in [-0.3, -0.25) is 20.2 Å². The summed E-state index contributed by atoms with van der Waals surface area (Å²) in [6, 6.07) is 7.81. The fourth-order valence-corrected chi connectivity index (χ4v) is 4.17. The standard InChI is InChI=1S/C17H9Cl3N2O5S2/c18-9-1-3-11(4-2-9)29(25,26)27-14-8(5-10(19)7-13(14)20)6-12-15(23)21-17(28)22-16(12)24/h1-7H,(H2,21,22,23,24,28). The normalized spacial score (nSPS) is 14.3. The molecule has 150 valence electrons. The van der Waals surface area contributed by atoms with E-state index in [9.17, 15) is 18.0 Å². The van der Waals surface area contributed by atoms with Crippen molar-refractivity contribution < 1.29 is 22.2 Å². The Labute approximate surface area is 185 Å². The zero-order valence-electron chi connectivity index (χ0n) is 14.0. The van der Waals surface area contributed by atoms with E-state index in [1.807, 2.05) is 0 Å². The van der Waals surface area contributed by atoms with Crippen molar-refractivity contribution in [2.24, 2.45) is 0 Å². The predicted octanol–water partition coefficient (Wildman–Crippen LogP) is 3.33. The fourth-order valence-electron chi connectivity index (χ4n) is 2.30. The highest BCUT2D eigenvalue weighted by molar-refractivity contribution is 7.87. The second-order valence-electron chi connectivity index (χ2n) is 5.59. The molecule has 0 atom stereocenters. The summed E-state index contributed by atoms with van der Waals surface area (Å²) in [6.45, 7) is 0. The molecule has 0 radical (unpaired) electrons. The maximum Gasteiger partial charge on any atom is 0.339 e. The molecule has 1 saturated heterocycles. The first-order valence-corrected chi connectivity index (χ1v) is 10.6. The maximum absolute atomic E-state index is 12.6. The SMILES string of the molecule is O=C1NC(=S)NC(=O)C1=Cc1cc(Cl)cc(Cl)c1OS(=O)(=O)c1ccc(Cl)cc1. The molecule has 12 heteroatoms. The molecule has 29 heavy (non-hydrogen) atoms. The van der Waals surface area contributed by atoms with E-state index in [1.165, 1.54) is 36.4 Å². The van der Waals surface area contributed by atoms with E-state index in [-0.39, 0.29) is 36.9 Å². The van der Waals surface area contributed by atoms with Gasteiger partial charge >= 0.3 is 10.1 Å². The summed E-state index contributed by atoms with van der Waals surface area (Å²) in [7, 11) is -4.30. The Morgan fingerprint density at radius 3 is 2.10 bits per heavy atom. The summed E-state index contributed by atoms with van der Waals surface area (Å²) >= 11 is 22.6. The Morgan fingerprint density at radius 1 is 0.931 bits per heavy atom. The van der Waals surface area contributed by atoms with Gasteiger partial charge in [0.15, 0.2) is 10.9 Å². The van der Waals surface area contributed by atoms with E-state index in [0.29, 0.717) is 5.02 Å². The lowest BCUT2D eigenvalue weighted by Gasteiger charge is -2.17. The lowest BCUT2D eigenvalue weighted by Crippen LogP contribution is -2.51. The van der Waals surface area contributed by atoms with E-state index in [4.69, 9.17) is 51.2 Å². The number of hydrogen-bond acceptors (Lipinski definition) is 6. The summed E-state index contributed by atoms with van der Waals surface area (Å²) in [5, 5.41) is 4.70. The molecule has 2 amide bonds. The average molecular weight is 492 g/mol. The van der Waals surface area contributed by atoms with Crippen LogP contribution in [-0.4, -0.2) is 25.3 Å². The Morgan fingerprint density at radius 2 is 1.52 bits per heavy atom. The van der Waals surface area contributed by atoms with Crippen molar-refractivity contribution in [1.29, 1.82) is 0 Å². The first-order chi connectivity index (χ1) is 13.6. The second-order valence-corrected chi connectivity index (χ2v) is 8.83. The van der Waals surface area contributed by atoms with E-state index >= 15 is 0 Å². The lowest BCUT2D eigenvalue weighted by atomic mass is 10.1. The number of carbonyl (C=O) groups is 2. The largest absolute Gasteiger partial charge is 0.377 e. The van der Waals surface area contributed by atoms with Gasteiger partial charge in [-0.1, -0.05) is 34.8 Å². The molecule has 0 saturated carbocycles. The van der Waals surface area contributed by atoms with E-state index in [2.05, 4.69) is 10.6 Å². The van der Waals surface area contributed by atoms with Crippen molar-refractivity contribution in [3.05, 3.63) is 62.6 Å². The molecular formula is C17H9Cl3N2O5S2. The Balaban J connectivity index is 2.07. The highest BCUT2D eigenvalue weighted by Crippen LogP contribution is 2.36.